The SMILES string of the molecule is CCC(C)(C)c1ccc(OCCCCNS(=O)(=O)c2ccc(F)cc2)c(C(C)(C)CC)c1. The number of ether oxygens (including phenoxy) is 1. The zero-order valence-electron chi connectivity index (χ0n) is 20.3. The summed E-state index contributed by atoms with van der Waals surface area (Å²) in [6.07, 6.45) is 3.44. The molecule has 2 aromatic rings. The van der Waals surface area contributed by atoms with Crippen LogP contribution >= 0.6 is 0 Å². The standard InChI is InChI=1S/C26H38FNO3S/c1-7-25(3,4)20-11-16-24(23(19-20)26(5,6)8-2)31-18-10-9-17-28-32(29,30)22-14-12-21(27)13-15-22/h11-16,19,28H,7-10,17-18H2,1-6H3. The summed E-state index contributed by atoms with van der Waals surface area (Å²) in [5.74, 6) is 0.442. The van der Waals surface area contributed by atoms with Crippen molar-refractivity contribution < 1.29 is 17.5 Å². The molecular weight excluding hydrogens is 425 g/mol. The van der Waals surface area contributed by atoms with Crippen LogP contribution in [-0.2, 0) is 20.9 Å². The average Bonchev–Trinajstić information content (AvgIpc) is 2.76. The van der Waals surface area contributed by atoms with Crippen molar-refractivity contribution >= 4 is 10.0 Å². The molecule has 0 spiro atoms. The Morgan fingerprint density at radius 3 is 2.12 bits per heavy atom. The van der Waals surface area contributed by atoms with Crippen molar-refractivity contribution in [2.75, 3.05) is 13.2 Å². The summed E-state index contributed by atoms with van der Waals surface area (Å²) in [5, 5.41) is 0. The highest BCUT2D eigenvalue weighted by molar-refractivity contribution is 7.89. The van der Waals surface area contributed by atoms with Crippen molar-refractivity contribution in [3.63, 3.8) is 0 Å². The number of hydrogen-bond donors (Lipinski definition) is 1. The molecule has 2 aromatic carbocycles. The molecule has 2 rings (SSSR count). The van der Waals surface area contributed by atoms with Gasteiger partial charge in [0.15, 0.2) is 0 Å². The van der Waals surface area contributed by atoms with Gasteiger partial charge in [-0.25, -0.2) is 17.5 Å². The van der Waals surface area contributed by atoms with E-state index in [1.807, 2.05) is 0 Å². The predicted molar refractivity (Wildman–Crippen MR) is 129 cm³/mol. The second-order valence-corrected chi connectivity index (χ2v) is 11.4. The number of benzene rings is 2. The van der Waals surface area contributed by atoms with Crippen molar-refractivity contribution in [2.24, 2.45) is 0 Å². The van der Waals surface area contributed by atoms with E-state index >= 15 is 0 Å². The smallest absolute Gasteiger partial charge is 0.240 e. The van der Waals surface area contributed by atoms with Crippen LogP contribution in [0.5, 0.6) is 5.75 Å². The van der Waals surface area contributed by atoms with Crippen LogP contribution in [0.2, 0.25) is 0 Å². The summed E-state index contributed by atoms with van der Waals surface area (Å²) in [4.78, 5) is 0.0664. The molecule has 0 saturated heterocycles. The van der Waals surface area contributed by atoms with Crippen molar-refractivity contribution in [3.05, 3.63) is 59.4 Å². The van der Waals surface area contributed by atoms with Crippen LogP contribution in [0.25, 0.3) is 0 Å². The summed E-state index contributed by atoms with van der Waals surface area (Å²) in [6.45, 7) is 14.2. The summed E-state index contributed by atoms with van der Waals surface area (Å²) < 4.78 is 46.2. The van der Waals surface area contributed by atoms with Gasteiger partial charge in [0.1, 0.15) is 11.6 Å². The molecule has 0 heterocycles. The van der Waals surface area contributed by atoms with E-state index in [-0.39, 0.29) is 15.7 Å². The molecule has 0 aromatic heterocycles. The minimum absolute atomic E-state index is 0.0000431. The van der Waals surface area contributed by atoms with Gasteiger partial charge in [-0.2, -0.15) is 0 Å². The Morgan fingerprint density at radius 2 is 1.53 bits per heavy atom. The second kappa shape index (κ2) is 10.8. The molecule has 0 aliphatic carbocycles. The first-order chi connectivity index (χ1) is 14.9. The maximum absolute atomic E-state index is 13.0. The highest BCUT2D eigenvalue weighted by Crippen LogP contribution is 2.38. The fourth-order valence-electron chi connectivity index (χ4n) is 3.31. The number of nitrogens with one attached hydrogen (secondary N) is 1. The minimum atomic E-state index is -3.62. The lowest BCUT2D eigenvalue weighted by molar-refractivity contribution is 0.296. The van der Waals surface area contributed by atoms with E-state index < -0.39 is 15.8 Å². The Labute approximate surface area is 193 Å². The average molecular weight is 464 g/mol. The van der Waals surface area contributed by atoms with Crippen LogP contribution < -0.4 is 9.46 Å². The lowest BCUT2D eigenvalue weighted by Crippen LogP contribution is -2.25. The van der Waals surface area contributed by atoms with Gasteiger partial charge in [0, 0.05) is 12.1 Å². The molecule has 0 amide bonds. The third-order valence-electron chi connectivity index (χ3n) is 6.50. The van der Waals surface area contributed by atoms with E-state index in [2.05, 4.69) is 64.5 Å². The number of sulfonamides is 1. The van der Waals surface area contributed by atoms with Crippen LogP contribution in [0.3, 0.4) is 0 Å². The fourth-order valence-corrected chi connectivity index (χ4v) is 4.39. The molecule has 0 radical (unpaired) electrons. The third kappa shape index (κ3) is 6.79. The number of halogens is 1. The molecule has 0 atom stereocenters. The van der Waals surface area contributed by atoms with Crippen LogP contribution in [0.1, 0.15) is 78.4 Å². The summed E-state index contributed by atoms with van der Waals surface area (Å²) in [6, 6.07) is 11.3. The molecule has 0 aliphatic rings. The quantitative estimate of drug-likeness (QED) is 0.374. The first-order valence-corrected chi connectivity index (χ1v) is 12.9. The van der Waals surface area contributed by atoms with Gasteiger partial charge in [0.2, 0.25) is 10.0 Å². The Hall–Kier alpha value is -1.92. The topological polar surface area (TPSA) is 55.4 Å². The summed E-state index contributed by atoms with van der Waals surface area (Å²) >= 11 is 0. The van der Waals surface area contributed by atoms with Gasteiger partial charge in [-0.05, 0) is 72.4 Å². The molecule has 0 aliphatic heterocycles. The number of rotatable bonds is 12. The Balaban J connectivity index is 1.95. The van der Waals surface area contributed by atoms with E-state index in [4.69, 9.17) is 4.74 Å². The van der Waals surface area contributed by atoms with E-state index in [0.29, 0.717) is 19.6 Å². The summed E-state index contributed by atoms with van der Waals surface area (Å²) in [5.41, 5.74) is 2.65. The Morgan fingerprint density at radius 1 is 0.906 bits per heavy atom. The van der Waals surface area contributed by atoms with Crippen molar-refractivity contribution in [3.8, 4) is 5.75 Å². The largest absolute Gasteiger partial charge is 0.493 e. The Kier molecular flexibility index (Phi) is 8.89. The van der Waals surface area contributed by atoms with Crippen LogP contribution in [-0.4, -0.2) is 21.6 Å². The van der Waals surface area contributed by atoms with Gasteiger partial charge in [-0.15, -0.1) is 0 Å². The molecule has 0 bridgehead atoms. The monoisotopic (exact) mass is 463 g/mol. The van der Waals surface area contributed by atoms with E-state index in [1.165, 1.54) is 23.3 Å². The Bertz CT molecular complexity index is 983. The highest BCUT2D eigenvalue weighted by Gasteiger charge is 2.26. The maximum atomic E-state index is 13.0. The third-order valence-corrected chi connectivity index (χ3v) is 7.98. The van der Waals surface area contributed by atoms with E-state index in [1.54, 1.807) is 0 Å². The maximum Gasteiger partial charge on any atom is 0.240 e. The first-order valence-electron chi connectivity index (χ1n) is 11.5. The van der Waals surface area contributed by atoms with Gasteiger partial charge >= 0.3 is 0 Å². The summed E-state index contributed by atoms with van der Waals surface area (Å²) in [7, 11) is -3.62. The normalized spacial score (nSPS) is 12.7. The molecular formula is C26H38FNO3S. The van der Waals surface area contributed by atoms with Crippen molar-refractivity contribution in [1.82, 2.24) is 4.72 Å². The lowest BCUT2D eigenvalue weighted by Gasteiger charge is -2.30. The van der Waals surface area contributed by atoms with Crippen molar-refractivity contribution in [1.29, 1.82) is 0 Å². The van der Waals surface area contributed by atoms with Crippen LogP contribution in [0.15, 0.2) is 47.4 Å². The molecule has 0 unspecified atom stereocenters. The molecule has 178 valence electrons. The fraction of sp³-hybridized carbons (Fsp3) is 0.538. The van der Waals surface area contributed by atoms with Gasteiger partial charge in [-0.3, -0.25) is 0 Å². The zero-order chi connectivity index (χ0) is 24.0. The number of hydrogen-bond acceptors (Lipinski definition) is 3. The molecule has 6 heteroatoms. The van der Waals surface area contributed by atoms with Gasteiger partial charge in [-0.1, -0.05) is 53.7 Å². The van der Waals surface area contributed by atoms with E-state index in [0.717, 1.165) is 37.1 Å². The molecule has 32 heavy (non-hydrogen) atoms. The molecule has 1 N–H and O–H groups in total. The van der Waals surface area contributed by atoms with E-state index in [9.17, 15) is 12.8 Å². The van der Waals surface area contributed by atoms with Gasteiger partial charge in [0.25, 0.3) is 0 Å². The predicted octanol–water partition coefficient (Wildman–Crippen LogP) is 6.34. The lowest BCUT2D eigenvalue weighted by atomic mass is 9.76. The van der Waals surface area contributed by atoms with Gasteiger partial charge in [0.05, 0.1) is 11.5 Å². The number of unbranched alkanes of at least 4 members (excludes halogenated alkanes) is 1. The second-order valence-electron chi connectivity index (χ2n) is 9.59. The van der Waals surface area contributed by atoms with Crippen LogP contribution in [0.4, 0.5) is 4.39 Å². The van der Waals surface area contributed by atoms with Crippen LogP contribution in [0, 0.1) is 5.82 Å². The highest BCUT2D eigenvalue weighted by atomic mass is 32.2. The van der Waals surface area contributed by atoms with Crippen molar-refractivity contribution in [2.45, 2.75) is 83.0 Å². The minimum Gasteiger partial charge on any atom is -0.493 e. The van der Waals surface area contributed by atoms with Gasteiger partial charge < -0.3 is 4.74 Å². The molecule has 0 saturated carbocycles. The molecule has 0 fully saturated rings. The molecule has 4 nitrogen and oxygen atoms in total. The zero-order valence-corrected chi connectivity index (χ0v) is 21.1. The first kappa shape index (κ1) is 26.3.